The molecule has 0 atom stereocenters. The van der Waals surface area contributed by atoms with Gasteiger partial charge < -0.3 is 0 Å². The number of hydrogen-bond donors (Lipinski definition) is 1. The van der Waals surface area contributed by atoms with E-state index >= 15 is 0 Å². The van der Waals surface area contributed by atoms with Crippen molar-refractivity contribution in [1.29, 1.82) is 0 Å². The topological polar surface area (TPSA) is 46.2 Å². The van der Waals surface area contributed by atoms with Gasteiger partial charge in [0.25, 0.3) is 0 Å². The van der Waals surface area contributed by atoms with Crippen molar-refractivity contribution < 1.29 is 8.42 Å². The van der Waals surface area contributed by atoms with Crippen LogP contribution in [0, 0.1) is 6.42 Å². The number of rotatable bonds is 4. The highest BCUT2D eigenvalue weighted by molar-refractivity contribution is 7.91. The summed E-state index contributed by atoms with van der Waals surface area (Å²) in [5.41, 5.74) is 0. The molecule has 0 spiro atoms. The van der Waals surface area contributed by atoms with E-state index in [4.69, 9.17) is 0 Å². The largest absolute Gasteiger partial charge is 0.250 e. The Labute approximate surface area is 76.5 Å². The molecule has 1 aromatic heterocycles. The highest BCUT2D eigenvalue weighted by Crippen LogP contribution is 2.14. The van der Waals surface area contributed by atoms with E-state index in [0.29, 0.717) is 10.8 Å². The lowest BCUT2D eigenvalue weighted by atomic mass is 10.5. The molecule has 1 radical (unpaired) electrons. The number of sulfonamides is 1. The van der Waals surface area contributed by atoms with Crippen molar-refractivity contribution in [3.63, 3.8) is 0 Å². The van der Waals surface area contributed by atoms with Crippen molar-refractivity contribution in [3.8, 4) is 0 Å². The summed E-state index contributed by atoms with van der Waals surface area (Å²) < 4.78 is 25.5. The molecule has 0 saturated heterocycles. The lowest BCUT2D eigenvalue weighted by Crippen LogP contribution is -2.23. The summed E-state index contributed by atoms with van der Waals surface area (Å²) in [4.78, 5) is 0. The van der Waals surface area contributed by atoms with Crippen LogP contribution in [-0.2, 0) is 10.0 Å². The summed E-state index contributed by atoms with van der Waals surface area (Å²) in [6, 6.07) is 3.30. The first-order chi connectivity index (χ1) is 5.67. The van der Waals surface area contributed by atoms with Gasteiger partial charge in [0, 0.05) is 6.54 Å². The standard InChI is InChI=1S/C7H10NO2S2/c1-2-5-8-12(9,10)7-4-3-6-11-7/h2-4,6,8H,5H2,1H3. The van der Waals surface area contributed by atoms with Crippen molar-refractivity contribution in [2.75, 3.05) is 6.54 Å². The second-order valence-electron chi connectivity index (χ2n) is 2.19. The molecule has 0 unspecified atom stereocenters. The van der Waals surface area contributed by atoms with Gasteiger partial charge in [0.1, 0.15) is 4.21 Å². The Morgan fingerprint density at radius 1 is 1.67 bits per heavy atom. The zero-order valence-electron chi connectivity index (χ0n) is 6.65. The predicted octanol–water partition coefficient (Wildman–Crippen LogP) is 1.25. The van der Waals surface area contributed by atoms with E-state index in [2.05, 4.69) is 4.72 Å². The first kappa shape index (κ1) is 9.70. The van der Waals surface area contributed by atoms with Crippen LogP contribution in [0.3, 0.4) is 0 Å². The zero-order valence-corrected chi connectivity index (χ0v) is 8.28. The summed E-state index contributed by atoms with van der Waals surface area (Å²) in [7, 11) is -3.24. The molecule has 0 fully saturated rings. The van der Waals surface area contributed by atoms with Crippen LogP contribution in [0.15, 0.2) is 21.7 Å². The molecule has 5 heteroatoms. The van der Waals surface area contributed by atoms with Crippen LogP contribution < -0.4 is 4.72 Å². The van der Waals surface area contributed by atoms with Crippen molar-refractivity contribution in [1.82, 2.24) is 4.72 Å². The Morgan fingerprint density at radius 2 is 2.42 bits per heavy atom. The first-order valence-electron chi connectivity index (χ1n) is 3.48. The van der Waals surface area contributed by atoms with Crippen LogP contribution in [0.4, 0.5) is 0 Å². The fraction of sp³-hybridized carbons (Fsp3) is 0.286. The van der Waals surface area contributed by atoms with Crippen LogP contribution in [0.25, 0.3) is 0 Å². The average Bonchev–Trinajstić information content (AvgIpc) is 2.53. The SMILES string of the molecule is C[CH]CNS(=O)(=O)c1cccs1. The van der Waals surface area contributed by atoms with Crippen molar-refractivity contribution in [2.45, 2.75) is 11.1 Å². The van der Waals surface area contributed by atoms with E-state index in [-0.39, 0.29) is 0 Å². The molecule has 12 heavy (non-hydrogen) atoms. The van der Waals surface area contributed by atoms with Gasteiger partial charge in [-0.1, -0.05) is 13.0 Å². The monoisotopic (exact) mass is 204 g/mol. The third kappa shape index (κ3) is 2.30. The lowest BCUT2D eigenvalue weighted by Gasteiger charge is -2.00. The van der Waals surface area contributed by atoms with Crippen LogP contribution in [0.2, 0.25) is 0 Å². The van der Waals surface area contributed by atoms with Gasteiger partial charge in [-0.3, -0.25) is 0 Å². The molecule has 0 bridgehead atoms. The molecule has 0 aromatic carbocycles. The molecule has 3 nitrogen and oxygen atoms in total. The summed E-state index contributed by atoms with van der Waals surface area (Å²) >= 11 is 1.22. The van der Waals surface area contributed by atoms with E-state index in [9.17, 15) is 8.42 Å². The van der Waals surface area contributed by atoms with Gasteiger partial charge in [0.2, 0.25) is 10.0 Å². The van der Waals surface area contributed by atoms with Gasteiger partial charge in [0.05, 0.1) is 0 Å². The maximum atomic E-state index is 11.3. The second kappa shape index (κ2) is 4.02. The van der Waals surface area contributed by atoms with E-state index < -0.39 is 10.0 Å². The molecule has 67 valence electrons. The average molecular weight is 204 g/mol. The normalized spacial score (nSPS) is 11.8. The van der Waals surface area contributed by atoms with Crippen molar-refractivity contribution in [3.05, 3.63) is 23.9 Å². The van der Waals surface area contributed by atoms with Gasteiger partial charge in [-0.25, -0.2) is 13.1 Å². The maximum Gasteiger partial charge on any atom is 0.250 e. The minimum Gasteiger partial charge on any atom is -0.210 e. The van der Waals surface area contributed by atoms with Gasteiger partial charge in [-0.15, -0.1) is 11.3 Å². The molecule has 0 aliphatic heterocycles. The molecule has 0 amide bonds. The molecule has 0 saturated carbocycles. The van der Waals surface area contributed by atoms with Crippen LogP contribution in [0.5, 0.6) is 0 Å². The molecular weight excluding hydrogens is 194 g/mol. The van der Waals surface area contributed by atoms with E-state index in [1.54, 1.807) is 30.9 Å². The van der Waals surface area contributed by atoms with E-state index in [1.165, 1.54) is 11.3 Å². The Bertz CT molecular complexity index is 315. The van der Waals surface area contributed by atoms with Crippen molar-refractivity contribution in [2.24, 2.45) is 0 Å². The van der Waals surface area contributed by atoms with Gasteiger partial charge in [0.15, 0.2) is 0 Å². The van der Waals surface area contributed by atoms with Crippen LogP contribution >= 0.6 is 11.3 Å². The Balaban J connectivity index is 2.74. The molecule has 0 aliphatic rings. The van der Waals surface area contributed by atoms with Crippen LogP contribution in [0.1, 0.15) is 6.92 Å². The molecule has 1 aromatic rings. The summed E-state index contributed by atoms with van der Waals surface area (Å²) in [5, 5.41) is 1.74. The van der Waals surface area contributed by atoms with Gasteiger partial charge >= 0.3 is 0 Å². The fourth-order valence-electron chi connectivity index (χ4n) is 0.681. The molecular formula is C7H10NO2S2. The molecule has 1 heterocycles. The van der Waals surface area contributed by atoms with Crippen molar-refractivity contribution >= 4 is 21.4 Å². The highest BCUT2D eigenvalue weighted by atomic mass is 32.2. The third-order valence-electron chi connectivity index (χ3n) is 1.24. The Kier molecular flexibility index (Phi) is 3.25. The van der Waals surface area contributed by atoms with E-state index in [1.807, 2.05) is 0 Å². The minimum atomic E-state index is -3.24. The smallest absolute Gasteiger partial charge is 0.210 e. The number of thiophene rings is 1. The quantitative estimate of drug-likeness (QED) is 0.802. The Hall–Kier alpha value is -0.390. The number of nitrogens with one attached hydrogen (secondary N) is 1. The summed E-state index contributed by atoms with van der Waals surface area (Å²) in [6.45, 7) is 2.18. The zero-order chi connectivity index (χ0) is 9.03. The molecule has 1 N–H and O–H groups in total. The third-order valence-corrected chi connectivity index (χ3v) is 4.06. The molecule has 1 rings (SSSR count). The predicted molar refractivity (Wildman–Crippen MR) is 49.5 cm³/mol. The maximum absolute atomic E-state index is 11.3. The highest BCUT2D eigenvalue weighted by Gasteiger charge is 2.12. The fourth-order valence-corrected chi connectivity index (χ4v) is 2.77. The van der Waals surface area contributed by atoms with Gasteiger partial charge in [-0.2, -0.15) is 0 Å². The lowest BCUT2D eigenvalue weighted by molar-refractivity contribution is 0.586. The molecule has 0 aliphatic carbocycles. The van der Waals surface area contributed by atoms with Gasteiger partial charge in [-0.05, 0) is 17.9 Å². The van der Waals surface area contributed by atoms with E-state index in [0.717, 1.165) is 0 Å². The van der Waals surface area contributed by atoms with Crippen LogP contribution in [-0.4, -0.2) is 15.0 Å². The number of hydrogen-bond acceptors (Lipinski definition) is 3. The Morgan fingerprint density at radius 3 is 2.92 bits per heavy atom. The first-order valence-corrected chi connectivity index (χ1v) is 5.84. The summed E-state index contributed by atoms with van der Waals surface area (Å²) in [6.07, 6.45) is 1.76. The summed E-state index contributed by atoms with van der Waals surface area (Å²) in [5.74, 6) is 0. The minimum absolute atomic E-state index is 0.365. The second-order valence-corrected chi connectivity index (χ2v) is 5.13.